The van der Waals surface area contributed by atoms with Crippen molar-refractivity contribution in [1.29, 1.82) is 0 Å². The molecule has 0 fully saturated rings. The van der Waals surface area contributed by atoms with E-state index in [1.54, 1.807) is 0 Å². The van der Waals surface area contributed by atoms with Gasteiger partial charge >= 0.3 is 17.9 Å². The zero-order valence-electron chi connectivity index (χ0n) is 45.6. The quantitative estimate of drug-likeness (QED) is 0.0262. The van der Waals surface area contributed by atoms with Crippen LogP contribution in [0.25, 0.3) is 0 Å². The Morgan fingerprint density at radius 1 is 0.309 bits per heavy atom. The molecule has 0 saturated carbocycles. The number of ether oxygens (including phenoxy) is 3. The van der Waals surface area contributed by atoms with Crippen LogP contribution in [-0.4, -0.2) is 37.2 Å². The first-order valence-corrected chi connectivity index (χ1v) is 30.0. The highest BCUT2D eigenvalue weighted by Gasteiger charge is 2.19. The summed E-state index contributed by atoms with van der Waals surface area (Å²) in [6.45, 7) is 6.56. The van der Waals surface area contributed by atoms with E-state index in [-0.39, 0.29) is 31.1 Å². The molecule has 6 nitrogen and oxygen atoms in total. The lowest BCUT2D eigenvalue weighted by Gasteiger charge is -2.18. The van der Waals surface area contributed by atoms with Crippen LogP contribution in [0.2, 0.25) is 0 Å². The second kappa shape index (κ2) is 57.2. The van der Waals surface area contributed by atoms with Crippen molar-refractivity contribution in [3.8, 4) is 0 Å². The summed E-state index contributed by atoms with van der Waals surface area (Å²) in [5, 5.41) is 0. The number of esters is 3. The molecule has 0 aromatic heterocycles. The molecule has 0 heterocycles. The second-order valence-corrected chi connectivity index (χ2v) is 20.2. The molecule has 0 amide bonds. The van der Waals surface area contributed by atoms with E-state index in [1.807, 2.05) is 0 Å². The van der Waals surface area contributed by atoms with Crippen LogP contribution in [0.4, 0.5) is 0 Å². The Bertz CT molecular complexity index is 1140. The predicted octanol–water partition coefficient (Wildman–Crippen LogP) is 20.0. The highest BCUT2D eigenvalue weighted by Crippen LogP contribution is 2.17. The van der Waals surface area contributed by atoms with Crippen molar-refractivity contribution < 1.29 is 28.6 Å². The maximum Gasteiger partial charge on any atom is 0.306 e. The van der Waals surface area contributed by atoms with Crippen molar-refractivity contribution in [2.75, 3.05) is 13.2 Å². The summed E-state index contributed by atoms with van der Waals surface area (Å²) in [5.74, 6) is -0.885. The third kappa shape index (κ3) is 54.6. The van der Waals surface area contributed by atoms with Gasteiger partial charge in [0.25, 0.3) is 0 Å². The molecular formula is C62H114O6. The highest BCUT2D eigenvalue weighted by atomic mass is 16.6. The summed E-state index contributed by atoms with van der Waals surface area (Å²) < 4.78 is 16.9. The lowest BCUT2D eigenvalue weighted by molar-refractivity contribution is -0.167. The summed E-state index contributed by atoms with van der Waals surface area (Å²) in [6.07, 6.45) is 68.6. The third-order valence-corrected chi connectivity index (χ3v) is 13.4. The van der Waals surface area contributed by atoms with Crippen LogP contribution in [0.1, 0.15) is 323 Å². The molecule has 6 heteroatoms. The Morgan fingerprint density at radius 2 is 0.574 bits per heavy atom. The Morgan fingerprint density at radius 3 is 0.897 bits per heavy atom. The van der Waals surface area contributed by atoms with Crippen molar-refractivity contribution in [1.82, 2.24) is 0 Å². The largest absolute Gasteiger partial charge is 0.462 e. The van der Waals surface area contributed by atoms with Gasteiger partial charge in [0.15, 0.2) is 6.10 Å². The summed E-state index contributed by atoms with van der Waals surface area (Å²) in [5.41, 5.74) is 0. The molecular weight excluding hydrogens is 841 g/mol. The number of hydrogen-bond donors (Lipinski definition) is 0. The first-order chi connectivity index (χ1) is 33.5. The SMILES string of the molecule is CC/C=C\C/C=C\C/C=C\CCCCCC(=O)OCC(COC(=O)CCCCCCCCCCCCCCCCCCCCC)OC(=O)CCCCCCCCCCCCCCCCCCCC. The molecule has 0 bridgehead atoms. The van der Waals surface area contributed by atoms with E-state index in [2.05, 4.69) is 57.2 Å². The summed E-state index contributed by atoms with van der Waals surface area (Å²) in [4.78, 5) is 38.2. The monoisotopic (exact) mass is 955 g/mol. The average molecular weight is 956 g/mol. The van der Waals surface area contributed by atoms with Gasteiger partial charge in [-0.3, -0.25) is 14.4 Å². The van der Waals surface area contributed by atoms with Crippen molar-refractivity contribution in [3.63, 3.8) is 0 Å². The molecule has 0 aromatic rings. The van der Waals surface area contributed by atoms with Crippen LogP contribution >= 0.6 is 0 Å². The van der Waals surface area contributed by atoms with Gasteiger partial charge in [-0.25, -0.2) is 0 Å². The molecule has 0 rings (SSSR count). The molecule has 398 valence electrons. The number of allylic oxidation sites excluding steroid dienone is 6. The molecule has 0 spiro atoms. The molecule has 0 aliphatic carbocycles. The van der Waals surface area contributed by atoms with Crippen molar-refractivity contribution >= 4 is 17.9 Å². The smallest absolute Gasteiger partial charge is 0.306 e. The molecule has 0 aliphatic rings. The van der Waals surface area contributed by atoms with Crippen LogP contribution in [0.15, 0.2) is 36.5 Å². The van der Waals surface area contributed by atoms with Gasteiger partial charge in [-0.05, 0) is 51.4 Å². The lowest BCUT2D eigenvalue weighted by atomic mass is 10.0. The minimum Gasteiger partial charge on any atom is -0.462 e. The number of hydrogen-bond acceptors (Lipinski definition) is 6. The third-order valence-electron chi connectivity index (χ3n) is 13.4. The second-order valence-electron chi connectivity index (χ2n) is 20.2. The maximum atomic E-state index is 12.9. The lowest BCUT2D eigenvalue weighted by Crippen LogP contribution is -2.30. The van der Waals surface area contributed by atoms with Crippen LogP contribution in [-0.2, 0) is 28.6 Å². The highest BCUT2D eigenvalue weighted by molar-refractivity contribution is 5.71. The fraction of sp³-hybridized carbons (Fsp3) is 0.855. The van der Waals surface area contributed by atoms with Gasteiger partial charge in [0.1, 0.15) is 13.2 Å². The van der Waals surface area contributed by atoms with Crippen LogP contribution < -0.4 is 0 Å². The minimum absolute atomic E-state index is 0.0763. The fourth-order valence-electron chi connectivity index (χ4n) is 8.93. The van der Waals surface area contributed by atoms with E-state index in [9.17, 15) is 14.4 Å². The van der Waals surface area contributed by atoms with Crippen molar-refractivity contribution in [2.45, 2.75) is 329 Å². The van der Waals surface area contributed by atoms with Crippen molar-refractivity contribution in [3.05, 3.63) is 36.5 Å². The minimum atomic E-state index is -0.780. The van der Waals surface area contributed by atoms with Gasteiger partial charge in [-0.1, -0.05) is 288 Å². The van der Waals surface area contributed by atoms with E-state index in [0.29, 0.717) is 19.3 Å². The van der Waals surface area contributed by atoms with E-state index < -0.39 is 6.10 Å². The number of carbonyl (C=O) groups is 3. The van der Waals surface area contributed by atoms with E-state index in [1.165, 1.54) is 199 Å². The van der Waals surface area contributed by atoms with Gasteiger partial charge in [-0.15, -0.1) is 0 Å². The van der Waals surface area contributed by atoms with Crippen LogP contribution in [0, 0.1) is 0 Å². The van der Waals surface area contributed by atoms with E-state index >= 15 is 0 Å². The first kappa shape index (κ1) is 65.6. The van der Waals surface area contributed by atoms with Gasteiger partial charge in [-0.2, -0.15) is 0 Å². The fourth-order valence-corrected chi connectivity index (χ4v) is 8.93. The number of rotatable bonds is 55. The molecule has 0 saturated heterocycles. The molecule has 68 heavy (non-hydrogen) atoms. The summed E-state index contributed by atoms with van der Waals surface area (Å²) >= 11 is 0. The van der Waals surface area contributed by atoms with Crippen LogP contribution in [0.5, 0.6) is 0 Å². The topological polar surface area (TPSA) is 78.9 Å². The normalized spacial score (nSPS) is 12.2. The van der Waals surface area contributed by atoms with E-state index in [4.69, 9.17) is 14.2 Å². The predicted molar refractivity (Wildman–Crippen MR) is 293 cm³/mol. The molecule has 0 aromatic carbocycles. The first-order valence-electron chi connectivity index (χ1n) is 30.0. The Hall–Kier alpha value is -2.37. The van der Waals surface area contributed by atoms with Crippen molar-refractivity contribution in [2.24, 2.45) is 0 Å². The maximum absolute atomic E-state index is 12.9. The zero-order valence-corrected chi connectivity index (χ0v) is 45.6. The number of unbranched alkanes of at least 4 members (excludes halogenated alkanes) is 38. The Kier molecular flexibility index (Phi) is 55.2. The molecule has 1 unspecified atom stereocenters. The van der Waals surface area contributed by atoms with Gasteiger partial charge in [0.2, 0.25) is 0 Å². The van der Waals surface area contributed by atoms with Gasteiger partial charge in [0.05, 0.1) is 0 Å². The Labute approximate surface area is 423 Å². The molecule has 0 radical (unpaired) electrons. The van der Waals surface area contributed by atoms with Gasteiger partial charge < -0.3 is 14.2 Å². The van der Waals surface area contributed by atoms with Gasteiger partial charge in [0, 0.05) is 19.3 Å². The van der Waals surface area contributed by atoms with Crippen LogP contribution in [0.3, 0.4) is 0 Å². The van der Waals surface area contributed by atoms with E-state index in [0.717, 1.165) is 83.5 Å². The Balaban J connectivity index is 4.31. The molecule has 0 aliphatic heterocycles. The molecule has 0 N–H and O–H groups in total. The molecule has 1 atom stereocenters. The summed E-state index contributed by atoms with van der Waals surface area (Å²) in [7, 11) is 0. The zero-order chi connectivity index (χ0) is 49.3. The number of carbonyl (C=O) groups excluding carboxylic acids is 3. The standard InChI is InChI=1S/C62H114O6/c1-4-7-10-13-16-19-22-25-27-29-31-33-34-37-40-43-46-49-52-55-61(64)67-58-59(57-66-60(63)54-51-48-45-42-39-36-24-21-18-15-12-9-6-3)68-62(65)56-53-50-47-44-41-38-35-32-30-28-26-23-20-17-14-11-8-5-2/h9,12,18,21,36,39,59H,4-8,10-11,13-17,19-20,22-35,37-38,40-58H2,1-3H3/b12-9-,21-18-,39-36-. The summed E-state index contributed by atoms with van der Waals surface area (Å²) in [6, 6.07) is 0. The average Bonchev–Trinajstić information content (AvgIpc) is 3.34.